The van der Waals surface area contributed by atoms with Crippen molar-refractivity contribution < 1.29 is 9.92 Å². The molecule has 4 aliphatic rings. The quantitative estimate of drug-likeness (QED) is 0.685. The van der Waals surface area contributed by atoms with Crippen LogP contribution in [0.1, 0.15) is 44.1 Å². The summed E-state index contributed by atoms with van der Waals surface area (Å²) in [4.78, 5) is 16.4. The monoisotopic (exact) mass is 302 g/mol. The Morgan fingerprint density at radius 3 is 2.64 bits per heavy atom. The van der Waals surface area contributed by atoms with E-state index in [1.165, 1.54) is 5.56 Å². The number of hydrogen-bond acceptors (Lipinski definition) is 4. The summed E-state index contributed by atoms with van der Waals surface area (Å²) >= 11 is 0. The molecule has 0 spiro atoms. The van der Waals surface area contributed by atoms with Crippen molar-refractivity contribution in [2.45, 2.75) is 49.5 Å². The van der Waals surface area contributed by atoms with Crippen molar-refractivity contribution >= 4 is 0 Å². The Morgan fingerprint density at radius 2 is 1.95 bits per heavy atom. The highest BCUT2D eigenvalue weighted by Gasteiger charge is 2.64. The Labute approximate surface area is 129 Å². The number of rotatable bonds is 4. The van der Waals surface area contributed by atoms with Gasteiger partial charge in [0.15, 0.2) is 0 Å². The predicted molar refractivity (Wildman–Crippen MR) is 81.6 cm³/mol. The molecular weight excluding hydrogens is 280 g/mol. The minimum atomic E-state index is -0.627. The van der Waals surface area contributed by atoms with E-state index in [1.54, 1.807) is 0 Å². The molecule has 4 saturated carbocycles. The lowest BCUT2D eigenvalue weighted by molar-refractivity contribution is -0.785. The molecule has 0 aliphatic heterocycles. The zero-order valence-corrected chi connectivity index (χ0v) is 12.7. The summed E-state index contributed by atoms with van der Waals surface area (Å²) in [5.41, 5.74) is 6.80. The van der Waals surface area contributed by atoms with Crippen molar-refractivity contribution in [1.82, 2.24) is 0 Å². The largest absolute Gasteiger partial charge is 0.330 e. The van der Waals surface area contributed by atoms with E-state index in [4.69, 9.17) is 10.6 Å². The third-order valence-electron chi connectivity index (χ3n) is 6.22. The van der Waals surface area contributed by atoms with Crippen LogP contribution in [-0.4, -0.2) is 17.2 Å². The third kappa shape index (κ3) is 1.95. The molecule has 5 rings (SSSR count). The summed E-state index contributed by atoms with van der Waals surface area (Å²) in [6, 6.07) is 10.5. The summed E-state index contributed by atoms with van der Waals surface area (Å²) in [5, 5.41) is 10.5. The van der Waals surface area contributed by atoms with Gasteiger partial charge in [0.1, 0.15) is 5.60 Å². The number of nitrogens with zero attached hydrogens (tertiary/aromatic N) is 1. The van der Waals surface area contributed by atoms with Crippen LogP contribution in [0.5, 0.6) is 0 Å². The molecule has 0 aromatic heterocycles. The molecule has 4 bridgehead atoms. The van der Waals surface area contributed by atoms with Crippen molar-refractivity contribution in [3.63, 3.8) is 0 Å². The summed E-state index contributed by atoms with van der Waals surface area (Å²) in [6.07, 6.45) is 5.55. The van der Waals surface area contributed by atoms with Gasteiger partial charge in [-0.1, -0.05) is 30.3 Å². The van der Waals surface area contributed by atoms with Crippen LogP contribution in [0.15, 0.2) is 30.3 Å². The standard InChI is InChI=1S/C17H22N2O3/c18-12-15-6-13-7-16(9-15,14-4-2-1-3-5-14)11-17(8-13,10-15)22-19(20)21/h1-5,13H,6-12,18H2. The predicted octanol–water partition coefficient (Wildman–Crippen LogP) is 2.81. The first-order valence-electron chi connectivity index (χ1n) is 8.08. The van der Waals surface area contributed by atoms with E-state index < -0.39 is 10.7 Å². The molecule has 4 fully saturated rings. The van der Waals surface area contributed by atoms with Gasteiger partial charge >= 0.3 is 0 Å². The van der Waals surface area contributed by atoms with Gasteiger partial charge in [-0.3, -0.25) is 0 Å². The second kappa shape index (κ2) is 4.44. The molecule has 2 N–H and O–H groups in total. The Kier molecular flexibility index (Phi) is 2.83. The highest BCUT2D eigenvalue weighted by Crippen LogP contribution is 2.67. The molecule has 118 valence electrons. The van der Waals surface area contributed by atoms with E-state index in [9.17, 15) is 10.1 Å². The van der Waals surface area contributed by atoms with Crippen molar-refractivity contribution in [3.8, 4) is 0 Å². The smallest absolute Gasteiger partial charge is 0.295 e. The van der Waals surface area contributed by atoms with Gasteiger partial charge in [0.2, 0.25) is 0 Å². The Bertz CT molecular complexity index is 607. The van der Waals surface area contributed by atoms with E-state index >= 15 is 0 Å². The highest BCUT2D eigenvalue weighted by molar-refractivity contribution is 5.32. The molecule has 1 aromatic rings. The third-order valence-corrected chi connectivity index (χ3v) is 6.22. The molecule has 4 atom stereocenters. The second-order valence-electron chi connectivity index (χ2n) is 7.86. The zero-order valence-electron chi connectivity index (χ0n) is 12.7. The molecule has 5 heteroatoms. The Morgan fingerprint density at radius 1 is 1.18 bits per heavy atom. The fourth-order valence-electron chi connectivity index (χ4n) is 6.15. The van der Waals surface area contributed by atoms with Crippen LogP contribution in [0, 0.1) is 21.4 Å². The van der Waals surface area contributed by atoms with Gasteiger partial charge in [0, 0.05) is 0 Å². The molecule has 0 heterocycles. The van der Waals surface area contributed by atoms with Crippen LogP contribution in [0.25, 0.3) is 0 Å². The zero-order chi connectivity index (χ0) is 15.4. The first-order chi connectivity index (χ1) is 10.5. The molecule has 22 heavy (non-hydrogen) atoms. The van der Waals surface area contributed by atoms with Gasteiger partial charge in [-0.25, -0.2) is 0 Å². The van der Waals surface area contributed by atoms with Crippen LogP contribution in [0.4, 0.5) is 0 Å². The van der Waals surface area contributed by atoms with Gasteiger partial charge in [0.25, 0.3) is 5.09 Å². The van der Waals surface area contributed by atoms with Crippen LogP contribution in [-0.2, 0) is 10.3 Å². The van der Waals surface area contributed by atoms with E-state index in [-0.39, 0.29) is 10.8 Å². The average Bonchev–Trinajstić information content (AvgIpc) is 2.45. The average molecular weight is 302 g/mol. The van der Waals surface area contributed by atoms with E-state index in [0.717, 1.165) is 38.5 Å². The SMILES string of the molecule is NCC12CC3CC(O[N+](=O)[O-])(C1)CC(c1ccccc1)(C3)C2. The topological polar surface area (TPSA) is 78.4 Å². The van der Waals surface area contributed by atoms with E-state index in [1.807, 2.05) is 6.07 Å². The molecule has 0 amide bonds. The van der Waals surface area contributed by atoms with Crippen molar-refractivity contribution in [2.24, 2.45) is 17.1 Å². The molecule has 0 radical (unpaired) electrons. The summed E-state index contributed by atoms with van der Waals surface area (Å²) < 4.78 is 0. The van der Waals surface area contributed by atoms with Crippen LogP contribution < -0.4 is 5.73 Å². The number of hydrogen-bond donors (Lipinski definition) is 1. The van der Waals surface area contributed by atoms with E-state index in [2.05, 4.69) is 24.3 Å². The number of benzene rings is 1. The maximum Gasteiger partial charge on any atom is 0.295 e. The Hall–Kier alpha value is -1.62. The molecule has 1 aromatic carbocycles. The van der Waals surface area contributed by atoms with Crippen LogP contribution in [0.3, 0.4) is 0 Å². The summed E-state index contributed by atoms with van der Waals surface area (Å²) in [5.74, 6) is 0.486. The minimum absolute atomic E-state index is 0.00391. The Balaban J connectivity index is 1.79. The van der Waals surface area contributed by atoms with Crippen molar-refractivity contribution in [2.75, 3.05) is 6.54 Å². The van der Waals surface area contributed by atoms with E-state index in [0.29, 0.717) is 12.5 Å². The summed E-state index contributed by atoms with van der Waals surface area (Å²) in [7, 11) is 0. The second-order valence-corrected chi connectivity index (χ2v) is 7.86. The lowest BCUT2D eigenvalue weighted by atomic mass is 9.41. The van der Waals surface area contributed by atoms with Crippen LogP contribution in [0.2, 0.25) is 0 Å². The lowest BCUT2D eigenvalue weighted by Crippen LogP contribution is -2.64. The fraction of sp³-hybridized carbons (Fsp3) is 0.647. The first-order valence-corrected chi connectivity index (χ1v) is 8.08. The molecule has 4 aliphatic carbocycles. The van der Waals surface area contributed by atoms with Gasteiger partial charge < -0.3 is 10.6 Å². The molecular formula is C17H22N2O3. The van der Waals surface area contributed by atoms with Crippen molar-refractivity contribution in [3.05, 3.63) is 46.0 Å². The van der Waals surface area contributed by atoms with Crippen molar-refractivity contribution in [1.29, 1.82) is 0 Å². The number of nitrogens with two attached hydrogens (primary N) is 1. The highest BCUT2D eigenvalue weighted by atomic mass is 17.0. The minimum Gasteiger partial charge on any atom is -0.330 e. The normalized spacial score (nSPS) is 42.3. The molecule has 0 saturated heterocycles. The fourth-order valence-corrected chi connectivity index (χ4v) is 6.15. The lowest BCUT2D eigenvalue weighted by Gasteiger charge is -2.65. The van der Waals surface area contributed by atoms with Crippen LogP contribution >= 0.6 is 0 Å². The first kappa shape index (κ1) is 14.0. The summed E-state index contributed by atoms with van der Waals surface area (Å²) in [6.45, 7) is 0.598. The maximum absolute atomic E-state index is 11.1. The van der Waals surface area contributed by atoms with Gasteiger partial charge in [-0.05, 0) is 67.4 Å². The van der Waals surface area contributed by atoms with Gasteiger partial charge in [-0.2, -0.15) is 0 Å². The molecule has 5 nitrogen and oxygen atoms in total. The van der Waals surface area contributed by atoms with Gasteiger partial charge in [0.05, 0.1) is 0 Å². The molecule has 4 unspecified atom stereocenters. The van der Waals surface area contributed by atoms with Gasteiger partial charge in [-0.15, -0.1) is 10.1 Å². The maximum atomic E-state index is 11.1.